The molecule has 1 heterocycles. The van der Waals surface area contributed by atoms with E-state index in [2.05, 4.69) is 40.1 Å². The van der Waals surface area contributed by atoms with Crippen LogP contribution in [0.25, 0.3) is 0 Å². The molecule has 2 aromatic rings. The molecule has 0 spiro atoms. The summed E-state index contributed by atoms with van der Waals surface area (Å²) in [5, 5.41) is 11.2. The topological polar surface area (TPSA) is 26.7 Å². The van der Waals surface area contributed by atoms with Gasteiger partial charge in [-0.1, -0.05) is 54.1 Å². The van der Waals surface area contributed by atoms with Gasteiger partial charge in [0.2, 0.25) is 0 Å². The average molecular weight is 345 g/mol. The van der Waals surface area contributed by atoms with Crippen molar-refractivity contribution < 1.29 is 5.11 Å². The largest absolute Gasteiger partial charge is 0.387 e. The van der Waals surface area contributed by atoms with Crippen LogP contribution in [0.3, 0.4) is 0 Å². The van der Waals surface area contributed by atoms with Crippen LogP contribution in [0.1, 0.15) is 23.7 Å². The van der Waals surface area contributed by atoms with Crippen molar-refractivity contribution >= 4 is 11.6 Å². The number of nitrogens with zero attached hydrogens (tertiary/aromatic N) is 2. The van der Waals surface area contributed by atoms with E-state index < -0.39 is 6.10 Å². The molecule has 1 saturated heterocycles. The van der Waals surface area contributed by atoms with E-state index in [1.807, 2.05) is 24.3 Å². The van der Waals surface area contributed by atoms with Crippen molar-refractivity contribution in [1.29, 1.82) is 0 Å². The quantitative estimate of drug-likeness (QED) is 0.898. The van der Waals surface area contributed by atoms with Gasteiger partial charge in [0.15, 0.2) is 0 Å². The molecule has 0 aromatic heterocycles. The Balaban J connectivity index is 1.51. The van der Waals surface area contributed by atoms with Crippen molar-refractivity contribution in [3.05, 3.63) is 70.7 Å². The van der Waals surface area contributed by atoms with Crippen molar-refractivity contribution in [2.24, 2.45) is 0 Å². The lowest BCUT2D eigenvalue weighted by Gasteiger charge is -2.24. The highest BCUT2D eigenvalue weighted by Crippen LogP contribution is 2.18. The predicted molar refractivity (Wildman–Crippen MR) is 99.2 cm³/mol. The fourth-order valence-electron chi connectivity index (χ4n) is 3.24. The summed E-state index contributed by atoms with van der Waals surface area (Å²) in [6.45, 7) is 5.88. The molecule has 0 saturated carbocycles. The first-order valence-electron chi connectivity index (χ1n) is 8.63. The highest BCUT2D eigenvalue weighted by molar-refractivity contribution is 6.30. The van der Waals surface area contributed by atoms with Crippen LogP contribution >= 0.6 is 11.6 Å². The Bertz CT molecular complexity index is 617. The van der Waals surface area contributed by atoms with Crippen LogP contribution in [-0.4, -0.2) is 47.6 Å². The van der Waals surface area contributed by atoms with Gasteiger partial charge in [-0.3, -0.25) is 9.80 Å². The summed E-state index contributed by atoms with van der Waals surface area (Å²) in [5.41, 5.74) is 2.30. The summed E-state index contributed by atoms with van der Waals surface area (Å²) in [6, 6.07) is 18.1. The standard InChI is InChI=1S/C20H25ClN2O/c21-19-9-7-18(8-10-19)20(24)16-23-12-4-11-22(13-14-23)15-17-5-2-1-3-6-17/h1-3,5-10,20,24H,4,11-16H2. The number of aliphatic hydroxyl groups is 1. The second-order valence-corrected chi connectivity index (χ2v) is 6.92. The van der Waals surface area contributed by atoms with Gasteiger partial charge in [0.1, 0.15) is 0 Å². The maximum Gasteiger partial charge on any atom is 0.0916 e. The lowest BCUT2D eigenvalue weighted by atomic mass is 10.1. The minimum absolute atomic E-state index is 0.456. The maximum absolute atomic E-state index is 10.5. The number of benzene rings is 2. The molecule has 0 aliphatic carbocycles. The SMILES string of the molecule is OC(CN1CCCN(Cc2ccccc2)CC1)c1ccc(Cl)cc1. The Labute approximate surface area is 149 Å². The van der Waals surface area contributed by atoms with Crippen LogP contribution in [0.2, 0.25) is 5.02 Å². The van der Waals surface area contributed by atoms with Gasteiger partial charge >= 0.3 is 0 Å². The van der Waals surface area contributed by atoms with E-state index in [4.69, 9.17) is 11.6 Å². The van der Waals surface area contributed by atoms with Crippen molar-refractivity contribution in [2.75, 3.05) is 32.7 Å². The normalized spacial score (nSPS) is 18.2. The van der Waals surface area contributed by atoms with E-state index >= 15 is 0 Å². The van der Waals surface area contributed by atoms with E-state index in [-0.39, 0.29) is 0 Å². The molecule has 4 heteroatoms. The zero-order valence-corrected chi connectivity index (χ0v) is 14.7. The van der Waals surface area contributed by atoms with Crippen molar-refractivity contribution in [2.45, 2.75) is 19.1 Å². The third-order valence-corrected chi connectivity index (χ3v) is 4.87. The van der Waals surface area contributed by atoms with Gasteiger partial charge in [-0.25, -0.2) is 0 Å². The van der Waals surface area contributed by atoms with Crippen LogP contribution in [-0.2, 0) is 6.54 Å². The van der Waals surface area contributed by atoms with E-state index in [0.717, 1.165) is 44.7 Å². The van der Waals surface area contributed by atoms with Crippen LogP contribution in [0.5, 0.6) is 0 Å². The van der Waals surface area contributed by atoms with Gasteiger partial charge in [-0.15, -0.1) is 0 Å². The van der Waals surface area contributed by atoms with Crippen molar-refractivity contribution in [3.8, 4) is 0 Å². The minimum atomic E-state index is -0.456. The molecule has 1 N–H and O–H groups in total. The number of hydrogen-bond donors (Lipinski definition) is 1. The Morgan fingerprint density at radius 1 is 0.875 bits per heavy atom. The summed E-state index contributed by atoms with van der Waals surface area (Å²) in [6.07, 6.45) is 0.683. The molecule has 0 bridgehead atoms. The second kappa shape index (κ2) is 8.63. The van der Waals surface area contributed by atoms with Crippen molar-refractivity contribution in [1.82, 2.24) is 9.80 Å². The lowest BCUT2D eigenvalue weighted by molar-refractivity contribution is 0.114. The summed E-state index contributed by atoms with van der Waals surface area (Å²) in [5.74, 6) is 0. The molecule has 1 atom stereocenters. The predicted octanol–water partition coefficient (Wildman–Crippen LogP) is 3.58. The van der Waals surface area contributed by atoms with Gasteiger partial charge in [0, 0.05) is 31.2 Å². The summed E-state index contributed by atoms with van der Waals surface area (Å²) in [7, 11) is 0. The molecule has 128 valence electrons. The van der Waals surface area contributed by atoms with Gasteiger partial charge < -0.3 is 5.11 Å². The Hall–Kier alpha value is -1.39. The van der Waals surface area contributed by atoms with E-state index in [9.17, 15) is 5.11 Å². The Morgan fingerprint density at radius 2 is 1.54 bits per heavy atom. The first kappa shape index (κ1) is 17.4. The van der Waals surface area contributed by atoms with Crippen LogP contribution < -0.4 is 0 Å². The molecule has 3 nitrogen and oxygen atoms in total. The van der Waals surface area contributed by atoms with E-state index in [1.54, 1.807) is 0 Å². The summed E-state index contributed by atoms with van der Waals surface area (Å²) < 4.78 is 0. The average Bonchev–Trinajstić information content (AvgIpc) is 2.82. The molecule has 1 aliphatic heterocycles. The van der Waals surface area contributed by atoms with Gasteiger partial charge in [0.25, 0.3) is 0 Å². The van der Waals surface area contributed by atoms with Gasteiger partial charge in [0.05, 0.1) is 6.10 Å². The molecule has 24 heavy (non-hydrogen) atoms. The first-order valence-corrected chi connectivity index (χ1v) is 9.01. The van der Waals surface area contributed by atoms with Crippen LogP contribution in [0.15, 0.2) is 54.6 Å². The monoisotopic (exact) mass is 344 g/mol. The minimum Gasteiger partial charge on any atom is -0.387 e. The second-order valence-electron chi connectivity index (χ2n) is 6.48. The first-order chi connectivity index (χ1) is 11.7. The third-order valence-electron chi connectivity index (χ3n) is 4.62. The number of aliphatic hydroxyl groups excluding tert-OH is 1. The fraction of sp³-hybridized carbons (Fsp3) is 0.400. The third kappa shape index (κ3) is 5.05. The number of hydrogen-bond acceptors (Lipinski definition) is 3. The fourth-order valence-corrected chi connectivity index (χ4v) is 3.37. The van der Waals surface area contributed by atoms with E-state index in [0.29, 0.717) is 11.6 Å². The molecule has 2 aromatic carbocycles. The van der Waals surface area contributed by atoms with Crippen LogP contribution in [0, 0.1) is 0 Å². The molecule has 0 amide bonds. The lowest BCUT2D eigenvalue weighted by Crippen LogP contribution is -2.33. The summed E-state index contributed by atoms with van der Waals surface area (Å²) >= 11 is 5.91. The molecular weight excluding hydrogens is 320 g/mol. The molecule has 1 fully saturated rings. The Morgan fingerprint density at radius 3 is 2.29 bits per heavy atom. The smallest absolute Gasteiger partial charge is 0.0916 e. The summed E-state index contributed by atoms with van der Waals surface area (Å²) in [4.78, 5) is 4.87. The number of halogens is 1. The van der Waals surface area contributed by atoms with Crippen molar-refractivity contribution in [3.63, 3.8) is 0 Å². The highest BCUT2D eigenvalue weighted by Gasteiger charge is 2.18. The molecule has 1 aliphatic rings. The number of rotatable bonds is 5. The van der Waals surface area contributed by atoms with Gasteiger partial charge in [-0.2, -0.15) is 0 Å². The van der Waals surface area contributed by atoms with Crippen LogP contribution in [0.4, 0.5) is 0 Å². The van der Waals surface area contributed by atoms with E-state index in [1.165, 1.54) is 5.56 Å². The number of β-amino-alcohol motifs (C(OH)–C–C–N with tert-alkyl or cyclic N) is 1. The zero-order chi connectivity index (χ0) is 16.8. The Kier molecular flexibility index (Phi) is 6.27. The zero-order valence-electron chi connectivity index (χ0n) is 13.9. The maximum atomic E-state index is 10.5. The molecule has 3 rings (SSSR count). The molecular formula is C20H25ClN2O. The highest BCUT2D eigenvalue weighted by atomic mass is 35.5. The molecule has 1 unspecified atom stereocenters. The van der Waals surface area contributed by atoms with Gasteiger partial charge in [-0.05, 0) is 42.8 Å². The molecule has 0 radical (unpaired) electrons.